The van der Waals surface area contributed by atoms with Gasteiger partial charge in [-0.15, -0.1) is 0 Å². The lowest BCUT2D eigenvalue weighted by Gasteiger charge is -2.27. The summed E-state index contributed by atoms with van der Waals surface area (Å²) in [6.07, 6.45) is 7.27. The third-order valence-electron chi connectivity index (χ3n) is 3.33. The summed E-state index contributed by atoms with van der Waals surface area (Å²) in [5.74, 6) is 0.796. The first-order valence-corrected chi connectivity index (χ1v) is 5.63. The zero-order valence-corrected chi connectivity index (χ0v) is 8.95. The van der Waals surface area contributed by atoms with E-state index in [0.717, 1.165) is 12.5 Å². The van der Waals surface area contributed by atoms with Gasteiger partial charge in [-0.2, -0.15) is 0 Å². The molecule has 1 aromatic heterocycles. The molecule has 1 heterocycles. The predicted molar refractivity (Wildman–Crippen MR) is 59.1 cm³/mol. The van der Waals surface area contributed by atoms with E-state index in [-0.39, 0.29) is 0 Å². The van der Waals surface area contributed by atoms with Crippen molar-refractivity contribution < 1.29 is 0 Å². The van der Waals surface area contributed by atoms with Crippen molar-refractivity contribution in [2.45, 2.75) is 45.2 Å². The molecule has 0 unspecified atom stereocenters. The van der Waals surface area contributed by atoms with Crippen molar-refractivity contribution in [1.29, 1.82) is 0 Å². The molecule has 0 amide bonds. The van der Waals surface area contributed by atoms with Gasteiger partial charge in [0.2, 0.25) is 0 Å². The van der Waals surface area contributed by atoms with Gasteiger partial charge in [0.1, 0.15) is 0 Å². The number of hydrogen-bond acceptors (Lipinski definition) is 1. The molecular formula is C12H20N2. The minimum absolute atomic E-state index is 0.449. The van der Waals surface area contributed by atoms with Crippen molar-refractivity contribution in [3.63, 3.8) is 0 Å². The minimum Gasteiger partial charge on any atom is -0.351 e. The number of aryl methyl sites for hydroxylation is 1. The number of aromatic nitrogens is 1. The SMILES string of the molecule is Cc1cccn1C[C@H]1CCC[C@H](N)C1. The van der Waals surface area contributed by atoms with Gasteiger partial charge in [-0.1, -0.05) is 6.42 Å². The first kappa shape index (κ1) is 9.78. The van der Waals surface area contributed by atoms with Gasteiger partial charge in [-0.05, 0) is 44.2 Å². The molecule has 0 radical (unpaired) electrons. The summed E-state index contributed by atoms with van der Waals surface area (Å²) >= 11 is 0. The zero-order chi connectivity index (χ0) is 9.97. The van der Waals surface area contributed by atoms with Gasteiger partial charge in [0.05, 0.1) is 0 Å². The summed E-state index contributed by atoms with van der Waals surface area (Å²) < 4.78 is 2.35. The molecule has 0 spiro atoms. The second kappa shape index (κ2) is 4.18. The lowest BCUT2D eigenvalue weighted by molar-refractivity contribution is 0.289. The third-order valence-corrected chi connectivity index (χ3v) is 3.33. The Bertz CT molecular complexity index is 290. The molecule has 0 saturated heterocycles. The van der Waals surface area contributed by atoms with E-state index in [1.807, 2.05) is 0 Å². The van der Waals surface area contributed by atoms with Crippen LogP contribution in [0.3, 0.4) is 0 Å². The van der Waals surface area contributed by atoms with Crippen LogP contribution in [0.4, 0.5) is 0 Å². The molecule has 0 aromatic carbocycles. The predicted octanol–water partition coefficient (Wildman–Crippen LogP) is 2.31. The Labute approximate surface area is 86.1 Å². The fraction of sp³-hybridized carbons (Fsp3) is 0.667. The van der Waals surface area contributed by atoms with Crippen molar-refractivity contribution in [3.05, 3.63) is 24.0 Å². The van der Waals surface area contributed by atoms with Crippen molar-refractivity contribution in [2.75, 3.05) is 0 Å². The molecule has 1 aliphatic carbocycles. The van der Waals surface area contributed by atoms with Gasteiger partial charge >= 0.3 is 0 Å². The molecule has 2 atom stereocenters. The van der Waals surface area contributed by atoms with E-state index in [1.165, 1.54) is 31.4 Å². The van der Waals surface area contributed by atoms with Crippen molar-refractivity contribution in [1.82, 2.24) is 4.57 Å². The highest BCUT2D eigenvalue weighted by Gasteiger charge is 2.19. The number of nitrogens with two attached hydrogens (primary N) is 1. The summed E-state index contributed by atoms with van der Waals surface area (Å²) in [4.78, 5) is 0. The zero-order valence-electron chi connectivity index (χ0n) is 8.95. The third kappa shape index (κ3) is 2.18. The van der Waals surface area contributed by atoms with Crippen LogP contribution >= 0.6 is 0 Å². The average molecular weight is 192 g/mol. The smallest absolute Gasteiger partial charge is 0.0251 e. The van der Waals surface area contributed by atoms with Crippen LogP contribution in [0, 0.1) is 12.8 Å². The Hall–Kier alpha value is -0.760. The normalized spacial score (nSPS) is 27.9. The summed E-state index contributed by atoms with van der Waals surface area (Å²) in [7, 11) is 0. The van der Waals surface area contributed by atoms with Crippen LogP contribution < -0.4 is 5.73 Å². The molecule has 0 bridgehead atoms. The fourth-order valence-corrected chi connectivity index (χ4v) is 2.48. The van der Waals surface area contributed by atoms with Crippen LogP contribution in [0.2, 0.25) is 0 Å². The first-order valence-electron chi connectivity index (χ1n) is 5.63. The Balaban J connectivity index is 1.94. The number of rotatable bonds is 2. The van der Waals surface area contributed by atoms with E-state index in [0.29, 0.717) is 6.04 Å². The van der Waals surface area contributed by atoms with Gasteiger partial charge in [0.15, 0.2) is 0 Å². The Morgan fingerprint density at radius 3 is 3.00 bits per heavy atom. The van der Waals surface area contributed by atoms with Crippen LogP contribution in [0.15, 0.2) is 18.3 Å². The van der Waals surface area contributed by atoms with E-state index in [1.54, 1.807) is 0 Å². The van der Waals surface area contributed by atoms with Gasteiger partial charge in [-0.25, -0.2) is 0 Å². The molecule has 1 aliphatic rings. The van der Waals surface area contributed by atoms with E-state index < -0.39 is 0 Å². The molecule has 1 saturated carbocycles. The highest BCUT2D eigenvalue weighted by molar-refractivity contribution is 5.04. The van der Waals surface area contributed by atoms with Crippen LogP contribution in [-0.4, -0.2) is 10.6 Å². The summed E-state index contributed by atoms with van der Waals surface area (Å²) in [5.41, 5.74) is 7.35. The van der Waals surface area contributed by atoms with E-state index in [4.69, 9.17) is 5.73 Å². The molecule has 2 rings (SSSR count). The van der Waals surface area contributed by atoms with Gasteiger partial charge < -0.3 is 10.3 Å². The molecule has 14 heavy (non-hydrogen) atoms. The van der Waals surface area contributed by atoms with Crippen molar-refractivity contribution in [2.24, 2.45) is 11.7 Å². The highest BCUT2D eigenvalue weighted by Crippen LogP contribution is 2.24. The molecule has 2 N–H and O–H groups in total. The first-order chi connectivity index (χ1) is 6.75. The number of hydrogen-bond donors (Lipinski definition) is 1. The molecular weight excluding hydrogens is 172 g/mol. The van der Waals surface area contributed by atoms with Gasteiger partial charge in [0.25, 0.3) is 0 Å². The molecule has 78 valence electrons. The largest absolute Gasteiger partial charge is 0.351 e. The minimum atomic E-state index is 0.449. The highest BCUT2D eigenvalue weighted by atomic mass is 15.0. The lowest BCUT2D eigenvalue weighted by Crippen LogP contribution is -2.29. The summed E-state index contributed by atoms with van der Waals surface area (Å²) in [6.45, 7) is 3.33. The fourth-order valence-electron chi connectivity index (χ4n) is 2.48. The maximum atomic E-state index is 5.98. The van der Waals surface area contributed by atoms with E-state index in [9.17, 15) is 0 Å². The van der Waals surface area contributed by atoms with Crippen molar-refractivity contribution in [3.8, 4) is 0 Å². The summed E-state index contributed by atoms with van der Waals surface area (Å²) in [5, 5.41) is 0. The molecule has 0 aliphatic heterocycles. The molecule has 1 aromatic rings. The molecule has 2 nitrogen and oxygen atoms in total. The molecule has 1 fully saturated rings. The summed E-state index contributed by atoms with van der Waals surface area (Å²) in [6, 6.07) is 4.74. The second-order valence-electron chi connectivity index (χ2n) is 4.59. The average Bonchev–Trinajstić information content (AvgIpc) is 2.52. The van der Waals surface area contributed by atoms with Crippen LogP contribution in [0.25, 0.3) is 0 Å². The van der Waals surface area contributed by atoms with E-state index >= 15 is 0 Å². The van der Waals surface area contributed by atoms with Crippen molar-refractivity contribution >= 4 is 0 Å². The maximum absolute atomic E-state index is 5.98. The standard InChI is InChI=1S/C12H20N2/c1-10-4-3-7-14(10)9-11-5-2-6-12(13)8-11/h3-4,7,11-12H,2,5-6,8-9,13H2,1H3/t11-,12-/m0/s1. The van der Waals surface area contributed by atoms with Crippen LogP contribution in [0.1, 0.15) is 31.4 Å². The van der Waals surface area contributed by atoms with Crippen LogP contribution in [0.5, 0.6) is 0 Å². The topological polar surface area (TPSA) is 30.9 Å². The Morgan fingerprint density at radius 2 is 2.36 bits per heavy atom. The number of nitrogens with zero attached hydrogens (tertiary/aromatic N) is 1. The van der Waals surface area contributed by atoms with Gasteiger partial charge in [0, 0.05) is 24.5 Å². The lowest BCUT2D eigenvalue weighted by atomic mass is 9.86. The van der Waals surface area contributed by atoms with Gasteiger partial charge in [-0.3, -0.25) is 0 Å². The Kier molecular flexibility index (Phi) is 2.92. The van der Waals surface area contributed by atoms with E-state index in [2.05, 4.69) is 29.8 Å². The van der Waals surface area contributed by atoms with Crippen LogP contribution in [-0.2, 0) is 6.54 Å². The second-order valence-corrected chi connectivity index (χ2v) is 4.59. The quantitative estimate of drug-likeness (QED) is 0.766. The Morgan fingerprint density at radius 1 is 1.50 bits per heavy atom. The monoisotopic (exact) mass is 192 g/mol. The molecule has 2 heteroatoms. The maximum Gasteiger partial charge on any atom is 0.0251 e.